The van der Waals surface area contributed by atoms with Crippen molar-refractivity contribution >= 4 is 64.1 Å². The number of hydrogen-bond donors (Lipinski definition) is 1. The van der Waals surface area contributed by atoms with Crippen LogP contribution >= 0.6 is 11.3 Å². The maximum atomic E-state index is 5.51. The highest BCUT2D eigenvalue weighted by Crippen LogP contribution is 2.46. The molecule has 3 heteroatoms. The molecule has 0 aliphatic rings. The molecular weight excluding hydrogens is 338 g/mol. The Hall–Kier alpha value is -3.04. The minimum absolute atomic E-state index is 0.901. The first-order chi connectivity index (χ1) is 12.8. The lowest BCUT2D eigenvalue weighted by atomic mass is 10.00. The van der Waals surface area contributed by atoms with Crippen LogP contribution in [0.4, 0.5) is 0 Å². The van der Waals surface area contributed by atoms with Crippen LogP contribution in [0.5, 0.6) is 5.75 Å². The molecule has 6 aromatic rings. The average Bonchev–Trinajstić information content (AvgIpc) is 3.26. The molecule has 0 unspecified atom stereocenters. The highest BCUT2D eigenvalue weighted by molar-refractivity contribution is 7.27. The number of fused-ring (bicyclic) bond motifs is 10. The number of nitrogens with one attached hydrogen (secondary N) is 1. The predicted octanol–water partition coefficient (Wildman–Crippen LogP) is 6.85. The zero-order valence-corrected chi connectivity index (χ0v) is 15.0. The van der Waals surface area contributed by atoms with Gasteiger partial charge in [0.05, 0.1) is 12.6 Å². The summed E-state index contributed by atoms with van der Waals surface area (Å²) >= 11 is 1.87. The van der Waals surface area contributed by atoms with Gasteiger partial charge in [0.1, 0.15) is 5.75 Å². The first-order valence-corrected chi connectivity index (χ1v) is 9.48. The molecule has 26 heavy (non-hydrogen) atoms. The molecule has 124 valence electrons. The van der Waals surface area contributed by atoms with Crippen LogP contribution in [0.2, 0.25) is 0 Å². The van der Waals surface area contributed by atoms with Gasteiger partial charge in [0.25, 0.3) is 0 Å². The van der Waals surface area contributed by atoms with Crippen LogP contribution in [-0.4, -0.2) is 12.1 Å². The number of para-hydroxylation sites is 1. The van der Waals surface area contributed by atoms with Gasteiger partial charge >= 0.3 is 0 Å². The minimum Gasteiger partial charge on any atom is -0.497 e. The molecule has 0 atom stereocenters. The number of H-pyrrole nitrogens is 1. The van der Waals surface area contributed by atoms with Crippen LogP contribution in [-0.2, 0) is 0 Å². The summed E-state index contributed by atoms with van der Waals surface area (Å²) in [5, 5.41) is 7.78. The Morgan fingerprint density at radius 1 is 0.769 bits per heavy atom. The third kappa shape index (κ3) is 1.71. The van der Waals surface area contributed by atoms with Crippen molar-refractivity contribution < 1.29 is 4.74 Å². The van der Waals surface area contributed by atoms with Gasteiger partial charge in [-0.15, -0.1) is 11.3 Å². The zero-order chi connectivity index (χ0) is 17.3. The van der Waals surface area contributed by atoms with E-state index in [0.717, 1.165) is 5.75 Å². The van der Waals surface area contributed by atoms with Crippen LogP contribution < -0.4 is 4.74 Å². The lowest BCUT2D eigenvalue weighted by Gasteiger charge is -2.04. The van der Waals surface area contributed by atoms with Crippen LogP contribution in [0.25, 0.3) is 52.8 Å². The van der Waals surface area contributed by atoms with Gasteiger partial charge in [-0.05, 0) is 24.3 Å². The Balaban J connectivity index is 2.02. The van der Waals surface area contributed by atoms with E-state index < -0.39 is 0 Å². The summed E-state index contributed by atoms with van der Waals surface area (Å²) in [7, 11) is 1.73. The molecular formula is C23H15NOS. The van der Waals surface area contributed by atoms with Gasteiger partial charge in [-0.3, -0.25) is 0 Å². The number of hydrogen-bond acceptors (Lipinski definition) is 2. The zero-order valence-electron chi connectivity index (χ0n) is 14.2. The monoisotopic (exact) mass is 353 g/mol. The van der Waals surface area contributed by atoms with E-state index in [0.29, 0.717) is 0 Å². The third-order valence-corrected chi connectivity index (χ3v) is 6.50. The standard InChI is InChI=1S/C23H15NOS/c1-25-13-10-11-19-17(12-13)21-20-16-8-4-5-9-18(16)24-22(20)14-6-2-3-7-15(14)23(21)26-19/h2-12,24H,1H3. The number of benzene rings is 4. The summed E-state index contributed by atoms with van der Waals surface area (Å²) in [5.41, 5.74) is 2.40. The van der Waals surface area contributed by atoms with E-state index in [-0.39, 0.29) is 0 Å². The third-order valence-electron chi connectivity index (χ3n) is 5.29. The summed E-state index contributed by atoms with van der Waals surface area (Å²) < 4.78 is 8.15. The second kappa shape index (κ2) is 4.99. The normalized spacial score (nSPS) is 12.0. The molecule has 0 saturated carbocycles. The minimum atomic E-state index is 0.901. The van der Waals surface area contributed by atoms with E-state index in [1.54, 1.807) is 7.11 Å². The number of aromatic nitrogens is 1. The van der Waals surface area contributed by atoms with Crippen molar-refractivity contribution in [2.45, 2.75) is 0 Å². The lowest BCUT2D eigenvalue weighted by Crippen LogP contribution is -1.81. The lowest BCUT2D eigenvalue weighted by molar-refractivity contribution is 0.415. The van der Waals surface area contributed by atoms with Crippen LogP contribution in [0, 0.1) is 0 Å². The molecule has 2 heterocycles. The van der Waals surface area contributed by atoms with E-state index in [4.69, 9.17) is 4.74 Å². The maximum absolute atomic E-state index is 5.51. The van der Waals surface area contributed by atoms with Crippen molar-refractivity contribution in [1.82, 2.24) is 4.98 Å². The Morgan fingerprint density at radius 2 is 1.54 bits per heavy atom. The molecule has 6 rings (SSSR count). The van der Waals surface area contributed by atoms with Crippen molar-refractivity contribution in [2.75, 3.05) is 7.11 Å². The summed E-state index contributed by atoms with van der Waals surface area (Å²) in [4.78, 5) is 3.67. The molecule has 2 nitrogen and oxygen atoms in total. The quantitative estimate of drug-likeness (QED) is 0.343. The van der Waals surface area contributed by atoms with Crippen LogP contribution in [0.1, 0.15) is 0 Å². The van der Waals surface area contributed by atoms with Crippen molar-refractivity contribution in [3.63, 3.8) is 0 Å². The number of thiophene rings is 1. The van der Waals surface area contributed by atoms with E-state index in [1.165, 1.54) is 52.8 Å². The number of ether oxygens (including phenoxy) is 1. The first-order valence-electron chi connectivity index (χ1n) is 8.66. The summed E-state index contributed by atoms with van der Waals surface area (Å²) in [6.45, 7) is 0. The smallest absolute Gasteiger partial charge is 0.119 e. The van der Waals surface area contributed by atoms with Crippen molar-refractivity contribution in [1.29, 1.82) is 0 Å². The van der Waals surface area contributed by atoms with Crippen LogP contribution in [0.15, 0.2) is 66.7 Å². The molecule has 4 aromatic carbocycles. The molecule has 0 aliphatic carbocycles. The fourth-order valence-electron chi connectivity index (χ4n) is 4.14. The highest BCUT2D eigenvalue weighted by Gasteiger charge is 2.17. The highest BCUT2D eigenvalue weighted by atomic mass is 32.1. The van der Waals surface area contributed by atoms with Crippen molar-refractivity contribution in [2.24, 2.45) is 0 Å². The molecule has 0 aliphatic heterocycles. The topological polar surface area (TPSA) is 25.0 Å². The molecule has 0 amide bonds. The fourth-order valence-corrected chi connectivity index (χ4v) is 5.37. The van der Waals surface area contributed by atoms with Gasteiger partial charge in [-0.2, -0.15) is 0 Å². The van der Waals surface area contributed by atoms with E-state index in [9.17, 15) is 0 Å². The van der Waals surface area contributed by atoms with Crippen molar-refractivity contribution in [3.8, 4) is 5.75 Å². The first kappa shape index (κ1) is 14.2. The maximum Gasteiger partial charge on any atom is 0.119 e. The molecule has 0 spiro atoms. The number of aromatic amines is 1. The Bertz CT molecular complexity index is 1470. The van der Waals surface area contributed by atoms with Gasteiger partial charge in [-0.25, -0.2) is 0 Å². The number of methoxy groups -OCH3 is 1. The second-order valence-electron chi connectivity index (χ2n) is 6.63. The molecule has 0 radical (unpaired) electrons. The molecule has 0 bridgehead atoms. The summed E-state index contributed by atoms with van der Waals surface area (Å²) in [6, 6.07) is 23.7. The van der Waals surface area contributed by atoms with E-state index in [2.05, 4.69) is 65.6 Å². The molecule has 1 N–H and O–H groups in total. The van der Waals surface area contributed by atoms with E-state index in [1.807, 2.05) is 17.4 Å². The second-order valence-corrected chi connectivity index (χ2v) is 7.69. The van der Waals surface area contributed by atoms with Gasteiger partial charge in [0.2, 0.25) is 0 Å². The average molecular weight is 353 g/mol. The van der Waals surface area contributed by atoms with Gasteiger partial charge in [0.15, 0.2) is 0 Å². The molecule has 2 aromatic heterocycles. The predicted molar refractivity (Wildman–Crippen MR) is 113 cm³/mol. The Labute approximate surface area is 153 Å². The van der Waals surface area contributed by atoms with E-state index >= 15 is 0 Å². The van der Waals surface area contributed by atoms with Gasteiger partial charge in [0, 0.05) is 47.2 Å². The molecule has 0 fully saturated rings. The largest absolute Gasteiger partial charge is 0.497 e. The fraction of sp³-hybridized carbons (Fsp3) is 0.0435. The Morgan fingerprint density at radius 3 is 2.38 bits per heavy atom. The summed E-state index contributed by atoms with van der Waals surface area (Å²) in [5.74, 6) is 0.901. The summed E-state index contributed by atoms with van der Waals surface area (Å²) in [6.07, 6.45) is 0. The molecule has 0 saturated heterocycles. The number of rotatable bonds is 1. The van der Waals surface area contributed by atoms with Crippen molar-refractivity contribution in [3.05, 3.63) is 66.7 Å². The van der Waals surface area contributed by atoms with Gasteiger partial charge in [-0.1, -0.05) is 42.5 Å². The van der Waals surface area contributed by atoms with Crippen LogP contribution in [0.3, 0.4) is 0 Å². The van der Waals surface area contributed by atoms with Gasteiger partial charge < -0.3 is 9.72 Å². The Kier molecular flexibility index (Phi) is 2.72. The SMILES string of the molecule is COc1ccc2sc3c4ccccc4c4[nH]c5ccccc5c4c3c2c1.